The number of aryl methyl sites for hydroxylation is 1. The van der Waals surface area contributed by atoms with Crippen molar-refractivity contribution >= 4 is 16.0 Å². The molecule has 2 aliphatic heterocycles. The van der Waals surface area contributed by atoms with Crippen LogP contribution in [0.5, 0.6) is 0 Å². The predicted octanol–water partition coefficient (Wildman–Crippen LogP) is 0.768. The van der Waals surface area contributed by atoms with Gasteiger partial charge in [0, 0.05) is 6.54 Å². The van der Waals surface area contributed by atoms with Crippen LogP contribution in [0.15, 0.2) is 29.2 Å². The van der Waals surface area contributed by atoms with Crippen LogP contribution in [-0.4, -0.2) is 73.0 Å². The van der Waals surface area contributed by atoms with Crippen molar-refractivity contribution in [3.8, 4) is 0 Å². The van der Waals surface area contributed by atoms with E-state index in [0.717, 1.165) is 0 Å². The third-order valence-corrected chi connectivity index (χ3v) is 7.07. The van der Waals surface area contributed by atoms with E-state index in [0.29, 0.717) is 18.4 Å². The predicted molar refractivity (Wildman–Crippen MR) is 95.8 cm³/mol. The molecule has 2 aliphatic rings. The standard InChI is InChI=1S/C18H25NO7S/c1-12-4-2-3-5-17(12)27(23,24)19-9-13(20)10-25-11-16-15(19)7-6-14(26-16)8-18(21)22/h2-5,13-16,20H,6-11H2,1H3,(H,21,22)/t13-,14+,15-,16+/m1/s1. The molecule has 8 nitrogen and oxygen atoms in total. The minimum Gasteiger partial charge on any atom is -0.481 e. The molecule has 27 heavy (non-hydrogen) atoms. The third-order valence-electron chi connectivity index (χ3n) is 5.02. The van der Waals surface area contributed by atoms with Crippen molar-refractivity contribution in [1.29, 1.82) is 0 Å². The summed E-state index contributed by atoms with van der Waals surface area (Å²) in [5.41, 5.74) is 0.627. The summed E-state index contributed by atoms with van der Waals surface area (Å²) in [5, 5.41) is 19.2. The first-order valence-corrected chi connectivity index (χ1v) is 10.4. The van der Waals surface area contributed by atoms with Crippen LogP contribution < -0.4 is 0 Å². The maximum atomic E-state index is 13.4. The first kappa shape index (κ1) is 20.2. The molecule has 2 N–H and O–H groups in total. The van der Waals surface area contributed by atoms with E-state index in [1.54, 1.807) is 31.2 Å². The van der Waals surface area contributed by atoms with Gasteiger partial charge in [-0.05, 0) is 31.4 Å². The van der Waals surface area contributed by atoms with E-state index in [9.17, 15) is 18.3 Å². The summed E-state index contributed by atoms with van der Waals surface area (Å²) in [4.78, 5) is 11.2. The zero-order valence-electron chi connectivity index (χ0n) is 15.2. The number of β-amino-alcohol motifs (C(OH)–C–C–N with tert-alkyl or cyclic N) is 1. The van der Waals surface area contributed by atoms with Gasteiger partial charge in [-0.15, -0.1) is 0 Å². The Bertz CT molecular complexity index is 782. The summed E-state index contributed by atoms with van der Waals surface area (Å²) in [6, 6.07) is 6.20. The van der Waals surface area contributed by atoms with E-state index in [1.165, 1.54) is 4.31 Å². The smallest absolute Gasteiger partial charge is 0.305 e. The third kappa shape index (κ3) is 4.49. The Balaban J connectivity index is 1.92. The highest BCUT2D eigenvalue weighted by molar-refractivity contribution is 7.89. The molecule has 0 amide bonds. The van der Waals surface area contributed by atoms with Gasteiger partial charge in [0.25, 0.3) is 0 Å². The lowest BCUT2D eigenvalue weighted by Gasteiger charge is -2.43. The molecule has 2 fully saturated rings. The average Bonchev–Trinajstić information content (AvgIpc) is 2.58. The number of carbonyl (C=O) groups is 1. The lowest BCUT2D eigenvalue weighted by molar-refractivity contribution is -0.155. The topological polar surface area (TPSA) is 113 Å². The summed E-state index contributed by atoms with van der Waals surface area (Å²) in [6.07, 6.45) is -1.24. The van der Waals surface area contributed by atoms with Crippen LogP contribution in [0.3, 0.4) is 0 Å². The lowest BCUT2D eigenvalue weighted by Crippen LogP contribution is -2.57. The van der Waals surface area contributed by atoms with Gasteiger partial charge in [-0.2, -0.15) is 4.31 Å². The maximum Gasteiger partial charge on any atom is 0.305 e. The molecule has 1 aromatic rings. The Morgan fingerprint density at radius 2 is 2.00 bits per heavy atom. The highest BCUT2D eigenvalue weighted by Gasteiger charge is 2.43. The SMILES string of the molecule is Cc1ccccc1S(=O)(=O)N1C[C@@H](O)COC[C@@H]2O[C@H](CC(=O)O)CC[C@H]21. The fourth-order valence-electron chi connectivity index (χ4n) is 3.74. The van der Waals surface area contributed by atoms with Crippen LogP contribution in [0.25, 0.3) is 0 Å². The van der Waals surface area contributed by atoms with Crippen molar-refractivity contribution in [3.63, 3.8) is 0 Å². The molecule has 3 rings (SSSR count). The van der Waals surface area contributed by atoms with Crippen LogP contribution in [0, 0.1) is 6.92 Å². The number of carboxylic acids is 1. The molecule has 0 aliphatic carbocycles. The molecule has 2 heterocycles. The number of hydrogen-bond acceptors (Lipinski definition) is 6. The van der Waals surface area contributed by atoms with Gasteiger partial charge in [0.15, 0.2) is 0 Å². The molecule has 9 heteroatoms. The Kier molecular flexibility index (Phi) is 6.17. The molecule has 0 aromatic heterocycles. The van der Waals surface area contributed by atoms with Crippen LogP contribution in [0.2, 0.25) is 0 Å². The Hall–Kier alpha value is -1.52. The van der Waals surface area contributed by atoms with Gasteiger partial charge in [0.05, 0.1) is 48.9 Å². The van der Waals surface area contributed by atoms with E-state index in [-0.39, 0.29) is 31.1 Å². The zero-order chi connectivity index (χ0) is 19.6. The van der Waals surface area contributed by atoms with Crippen molar-refractivity contribution in [3.05, 3.63) is 29.8 Å². The molecule has 150 valence electrons. The van der Waals surface area contributed by atoms with Gasteiger partial charge in [-0.3, -0.25) is 4.79 Å². The van der Waals surface area contributed by atoms with Gasteiger partial charge < -0.3 is 19.7 Å². The summed E-state index contributed by atoms with van der Waals surface area (Å²) < 4.78 is 39.3. The second-order valence-electron chi connectivity index (χ2n) is 7.07. The molecule has 2 saturated heterocycles. The molecule has 0 bridgehead atoms. The number of carboxylic acid groups (broad SMARTS) is 1. The fourth-order valence-corrected chi connectivity index (χ4v) is 5.68. The average molecular weight is 399 g/mol. The molecular formula is C18H25NO7S. The van der Waals surface area contributed by atoms with Gasteiger partial charge in [0.1, 0.15) is 0 Å². The van der Waals surface area contributed by atoms with E-state index in [2.05, 4.69) is 0 Å². The molecule has 0 unspecified atom stereocenters. The summed E-state index contributed by atoms with van der Waals surface area (Å²) in [5.74, 6) is -0.954. The highest BCUT2D eigenvalue weighted by atomic mass is 32.2. The molecule has 0 spiro atoms. The fraction of sp³-hybridized carbons (Fsp3) is 0.611. The summed E-state index contributed by atoms with van der Waals surface area (Å²) in [6.45, 7) is 1.74. The van der Waals surface area contributed by atoms with Gasteiger partial charge in [-0.1, -0.05) is 18.2 Å². The van der Waals surface area contributed by atoms with Gasteiger partial charge >= 0.3 is 5.97 Å². The maximum absolute atomic E-state index is 13.4. The van der Waals surface area contributed by atoms with Gasteiger partial charge in [0.2, 0.25) is 10.0 Å². The van der Waals surface area contributed by atoms with Crippen molar-refractivity contribution in [1.82, 2.24) is 4.31 Å². The number of aliphatic hydroxyl groups excluding tert-OH is 1. The second kappa shape index (κ2) is 8.24. The first-order valence-electron chi connectivity index (χ1n) is 8.99. The molecule has 0 saturated carbocycles. The molecule has 0 radical (unpaired) electrons. The Morgan fingerprint density at radius 3 is 2.70 bits per heavy atom. The number of sulfonamides is 1. The number of rotatable bonds is 4. The number of fused-ring (bicyclic) bond motifs is 1. The van der Waals surface area contributed by atoms with Crippen LogP contribution in [0.1, 0.15) is 24.8 Å². The van der Waals surface area contributed by atoms with Gasteiger partial charge in [-0.25, -0.2) is 8.42 Å². The summed E-state index contributed by atoms with van der Waals surface area (Å²) >= 11 is 0. The minimum atomic E-state index is -3.85. The largest absolute Gasteiger partial charge is 0.481 e. The van der Waals surface area contributed by atoms with Crippen molar-refractivity contribution in [2.75, 3.05) is 19.8 Å². The van der Waals surface area contributed by atoms with E-state index in [1.807, 2.05) is 0 Å². The Morgan fingerprint density at radius 1 is 1.26 bits per heavy atom. The van der Waals surface area contributed by atoms with Crippen LogP contribution in [0.4, 0.5) is 0 Å². The molecule has 4 atom stereocenters. The van der Waals surface area contributed by atoms with E-state index in [4.69, 9.17) is 14.6 Å². The van der Waals surface area contributed by atoms with Crippen molar-refractivity contribution in [2.24, 2.45) is 0 Å². The Labute approximate surface area is 158 Å². The highest BCUT2D eigenvalue weighted by Crippen LogP contribution is 2.32. The number of hydrogen-bond donors (Lipinski definition) is 2. The summed E-state index contributed by atoms with van der Waals surface area (Å²) in [7, 11) is -3.85. The van der Waals surface area contributed by atoms with Crippen molar-refractivity contribution < 1.29 is 32.9 Å². The monoisotopic (exact) mass is 399 g/mol. The van der Waals surface area contributed by atoms with Crippen LogP contribution in [-0.2, 0) is 24.3 Å². The zero-order valence-corrected chi connectivity index (χ0v) is 16.0. The van der Waals surface area contributed by atoms with E-state index < -0.39 is 40.3 Å². The molecular weight excluding hydrogens is 374 g/mol. The van der Waals surface area contributed by atoms with Crippen molar-refractivity contribution in [2.45, 2.75) is 55.4 Å². The van der Waals surface area contributed by atoms with Crippen LogP contribution >= 0.6 is 0 Å². The normalized spacial score (nSPS) is 30.1. The minimum absolute atomic E-state index is 0.00400. The second-order valence-corrected chi connectivity index (χ2v) is 8.93. The number of aliphatic carboxylic acids is 1. The number of benzene rings is 1. The number of aliphatic hydroxyl groups is 1. The lowest BCUT2D eigenvalue weighted by atomic mass is 9.96. The van der Waals surface area contributed by atoms with E-state index >= 15 is 0 Å². The number of nitrogens with zero attached hydrogens (tertiary/aromatic N) is 1. The molecule has 1 aromatic carbocycles. The first-order chi connectivity index (χ1) is 12.8. The quantitative estimate of drug-likeness (QED) is 0.769. The number of ether oxygens (including phenoxy) is 2.